The molecule has 0 heterocycles. The van der Waals surface area contributed by atoms with Crippen LogP contribution in [0.15, 0.2) is 0 Å². The summed E-state index contributed by atoms with van der Waals surface area (Å²) in [6, 6.07) is 0. The minimum Gasteiger partial charge on any atom is -0.366 e. The highest BCUT2D eigenvalue weighted by Crippen LogP contribution is 2.48. The average molecular weight is 240 g/mol. The first-order chi connectivity index (χ1) is 6.43. The molecule has 0 aromatic carbocycles. The summed E-state index contributed by atoms with van der Waals surface area (Å²) in [4.78, 5) is 0. The smallest absolute Gasteiger partial charge is 0.366 e. The Hall–Kier alpha value is 0.447. The van der Waals surface area contributed by atoms with Crippen LogP contribution >= 0.6 is 9.48 Å². The molecule has 0 atom stereocenters. The normalized spacial score (nSPS) is 14.4. The summed E-state index contributed by atoms with van der Waals surface area (Å²) >= 11 is 0. The minimum absolute atomic E-state index is 0.663. The van der Waals surface area contributed by atoms with Gasteiger partial charge in [-0.25, -0.2) is 0 Å². The molecule has 14 heavy (non-hydrogen) atoms. The molecule has 3 nitrogen and oxygen atoms in total. The van der Waals surface area contributed by atoms with Gasteiger partial charge in [-0.1, -0.05) is 0 Å². The van der Waals surface area contributed by atoms with Crippen molar-refractivity contribution < 1.29 is 13.3 Å². The van der Waals surface area contributed by atoms with Crippen LogP contribution in [0.1, 0.15) is 20.8 Å². The number of rotatable bonds is 7. The van der Waals surface area contributed by atoms with Gasteiger partial charge in [-0.2, -0.15) is 9.48 Å². The van der Waals surface area contributed by atoms with E-state index in [1.54, 1.807) is 0 Å². The molecule has 0 aliphatic rings. The Balaban J connectivity index is 4.73. The molecule has 0 amide bonds. The van der Waals surface area contributed by atoms with Gasteiger partial charge in [-0.15, -0.1) is 0 Å². The van der Waals surface area contributed by atoms with Crippen molar-refractivity contribution in [3.05, 3.63) is 0 Å². The van der Waals surface area contributed by atoms with E-state index in [4.69, 9.17) is 13.3 Å². The number of hydrogen-bond acceptors (Lipinski definition) is 3. The maximum atomic E-state index is 5.81. The second kappa shape index (κ2) is 6.12. The summed E-state index contributed by atoms with van der Waals surface area (Å²) < 4.78 is 17.4. The lowest BCUT2D eigenvalue weighted by Gasteiger charge is -2.41. The van der Waals surface area contributed by atoms with Crippen LogP contribution in [-0.2, 0) is 13.3 Å². The molecule has 88 valence electrons. The van der Waals surface area contributed by atoms with Gasteiger partial charge in [0.05, 0.1) is 0 Å². The predicted molar refractivity (Wildman–Crippen MR) is 66.0 cm³/mol. The van der Waals surface area contributed by atoms with E-state index in [1.807, 2.05) is 20.8 Å². The van der Waals surface area contributed by atoms with Gasteiger partial charge in [0.1, 0.15) is 0 Å². The highest BCUT2D eigenvalue weighted by Gasteiger charge is 2.50. The molecular formula is C9H24O3SSi. The van der Waals surface area contributed by atoms with Crippen molar-refractivity contribution in [2.45, 2.75) is 20.8 Å². The zero-order valence-corrected chi connectivity index (χ0v) is 12.1. The maximum absolute atomic E-state index is 5.81. The SMILES string of the molecule is CCO[Si](OCC)(OCC)S(C)(C)C. The van der Waals surface area contributed by atoms with Crippen molar-refractivity contribution in [2.24, 2.45) is 0 Å². The summed E-state index contributed by atoms with van der Waals surface area (Å²) in [6.45, 7) is 7.96. The predicted octanol–water partition coefficient (Wildman–Crippen LogP) is 2.23. The molecule has 0 spiro atoms. The van der Waals surface area contributed by atoms with Gasteiger partial charge in [0.2, 0.25) is 0 Å². The van der Waals surface area contributed by atoms with E-state index < -0.39 is 17.4 Å². The maximum Gasteiger partial charge on any atom is 0.555 e. The van der Waals surface area contributed by atoms with Crippen molar-refractivity contribution in [1.82, 2.24) is 0 Å². The first-order valence-electron chi connectivity index (χ1n) is 5.03. The third kappa shape index (κ3) is 3.55. The molecule has 0 unspecified atom stereocenters. The van der Waals surface area contributed by atoms with Crippen molar-refractivity contribution in [3.8, 4) is 0 Å². The highest BCUT2D eigenvalue weighted by molar-refractivity contribution is 8.53. The van der Waals surface area contributed by atoms with Gasteiger partial charge < -0.3 is 13.3 Å². The third-order valence-corrected chi connectivity index (χ3v) is 10.7. The molecule has 0 saturated carbocycles. The topological polar surface area (TPSA) is 27.7 Å². The fraction of sp³-hybridized carbons (Fsp3) is 1.00. The Morgan fingerprint density at radius 2 is 1.07 bits per heavy atom. The molecule has 0 rings (SSSR count). The Morgan fingerprint density at radius 1 is 0.786 bits per heavy atom. The second-order valence-electron chi connectivity index (χ2n) is 3.64. The van der Waals surface area contributed by atoms with Crippen molar-refractivity contribution in [3.63, 3.8) is 0 Å². The summed E-state index contributed by atoms with van der Waals surface area (Å²) in [6.07, 6.45) is 6.58. The van der Waals surface area contributed by atoms with Crippen LogP contribution in [0.25, 0.3) is 0 Å². The van der Waals surface area contributed by atoms with Gasteiger partial charge in [0.25, 0.3) is 0 Å². The lowest BCUT2D eigenvalue weighted by molar-refractivity contribution is 0.0955. The van der Waals surface area contributed by atoms with Crippen LogP contribution in [-0.4, -0.2) is 46.5 Å². The largest absolute Gasteiger partial charge is 0.555 e. The molecule has 0 aromatic rings. The van der Waals surface area contributed by atoms with Crippen LogP contribution in [0, 0.1) is 0 Å². The van der Waals surface area contributed by atoms with Gasteiger partial charge in [-0.05, 0) is 39.5 Å². The highest BCUT2D eigenvalue weighted by atomic mass is 32.5. The van der Waals surface area contributed by atoms with Crippen molar-refractivity contribution in [2.75, 3.05) is 38.6 Å². The minimum atomic E-state index is -2.41. The molecule has 0 aliphatic heterocycles. The van der Waals surface area contributed by atoms with Crippen molar-refractivity contribution >= 4 is 17.4 Å². The summed E-state index contributed by atoms with van der Waals surface area (Å²) in [5.41, 5.74) is 0. The Morgan fingerprint density at radius 3 is 1.21 bits per heavy atom. The molecule has 0 aromatic heterocycles. The summed E-state index contributed by atoms with van der Waals surface area (Å²) in [5, 5.41) is 0. The van der Waals surface area contributed by atoms with E-state index in [2.05, 4.69) is 18.8 Å². The Labute approximate surface area is 90.5 Å². The lowest BCUT2D eigenvalue weighted by atomic mass is 10.9. The van der Waals surface area contributed by atoms with Crippen LogP contribution in [0.4, 0.5) is 0 Å². The molecule has 0 saturated heterocycles. The van der Waals surface area contributed by atoms with Gasteiger partial charge in [0.15, 0.2) is 0 Å². The Kier molecular flexibility index (Phi) is 6.32. The van der Waals surface area contributed by atoms with E-state index in [0.717, 1.165) is 0 Å². The summed E-state index contributed by atoms with van der Waals surface area (Å²) in [5.74, 6) is 0. The van der Waals surface area contributed by atoms with Gasteiger partial charge in [-0.3, -0.25) is 0 Å². The van der Waals surface area contributed by atoms with Gasteiger partial charge in [0, 0.05) is 19.8 Å². The molecule has 0 aliphatic carbocycles. The van der Waals surface area contributed by atoms with Crippen LogP contribution in [0.3, 0.4) is 0 Å². The van der Waals surface area contributed by atoms with Crippen molar-refractivity contribution in [1.29, 1.82) is 0 Å². The summed E-state index contributed by atoms with van der Waals surface area (Å²) in [7, 11) is -3.35. The fourth-order valence-corrected chi connectivity index (χ4v) is 7.80. The molecule has 5 heteroatoms. The first-order valence-corrected chi connectivity index (χ1v) is 10.3. The molecular weight excluding hydrogens is 216 g/mol. The van der Waals surface area contributed by atoms with E-state index in [0.29, 0.717) is 19.8 Å². The third-order valence-electron chi connectivity index (χ3n) is 1.71. The zero-order chi connectivity index (χ0) is 11.2. The van der Waals surface area contributed by atoms with E-state index in [9.17, 15) is 0 Å². The molecule has 0 fully saturated rings. The zero-order valence-electron chi connectivity index (χ0n) is 10.3. The monoisotopic (exact) mass is 240 g/mol. The van der Waals surface area contributed by atoms with E-state index in [1.165, 1.54) is 0 Å². The van der Waals surface area contributed by atoms with Crippen LogP contribution < -0.4 is 0 Å². The standard InChI is InChI=1S/C9H24O3SSi/c1-7-10-14(11-8-2,12-9-3)13(4,5)6/h7-9H2,1-6H3. The van der Waals surface area contributed by atoms with Crippen LogP contribution in [0.5, 0.6) is 0 Å². The quantitative estimate of drug-likeness (QED) is 0.639. The lowest BCUT2D eigenvalue weighted by Crippen LogP contribution is -2.50. The average Bonchev–Trinajstić information content (AvgIpc) is 2.03. The van der Waals surface area contributed by atoms with Gasteiger partial charge >= 0.3 is 7.95 Å². The molecule has 0 N–H and O–H groups in total. The van der Waals surface area contributed by atoms with Crippen LogP contribution in [0.2, 0.25) is 0 Å². The fourth-order valence-electron chi connectivity index (χ4n) is 1.19. The number of hydrogen-bond donors (Lipinski definition) is 0. The first kappa shape index (κ1) is 14.4. The van der Waals surface area contributed by atoms with E-state index in [-0.39, 0.29) is 0 Å². The Bertz CT molecular complexity index is 142. The van der Waals surface area contributed by atoms with E-state index >= 15 is 0 Å². The molecule has 0 bridgehead atoms. The molecule has 0 radical (unpaired) electrons. The second-order valence-corrected chi connectivity index (χ2v) is 14.4.